The third-order valence-corrected chi connectivity index (χ3v) is 2.02. The van der Waals surface area contributed by atoms with Gasteiger partial charge in [0.2, 0.25) is 0 Å². The van der Waals surface area contributed by atoms with Crippen LogP contribution in [0.4, 0.5) is 0 Å². The molecule has 0 radical (unpaired) electrons. The molecule has 0 saturated heterocycles. The van der Waals surface area contributed by atoms with Crippen LogP contribution in [0.2, 0.25) is 6.04 Å². The van der Waals surface area contributed by atoms with Crippen LogP contribution in [0.25, 0.3) is 10.4 Å². The Morgan fingerprint density at radius 3 is 3.00 bits per heavy atom. The minimum Gasteiger partial charge on any atom is -0.132 e. The second kappa shape index (κ2) is 5.53. The normalized spacial score (nSPS) is 9.29. The van der Waals surface area contributed by atoms with Crippen LogP contribution in [0.5, 0.6) is 0 Å². The zero-order chi connectivity index (χ0) is 5.54. The molecule has 40 valence electrons. The van der Waals surface area contributed by atoms with Crippen molar-refractivity contribution in [1.82, 2.24) is 0 Å². The van der Waals surface area contributed by atoms with E-state index in [9.17, 15) is 0 Å². The monoisotopic (exact) mass is 115 g/mol. The van der Waals surface area contributed by atoms with Crippen molar-refractivity contribution in [2.45, 2.75) is 19.4 Å². The highest BCUT2D eigenvalue weighted by Gasteiger charge is 1.76. The lowest BCUT2D eigenvalue weighted by molar-refractivity contribution is 1.07. The molecule has 0 aromatic rings. The van der Waals surface area contributed by atoms with Crippen LogP contribution < -0.4 is 0 Å². The summed E-state index contributed by atoms with van der Waals surface area (Å²) in [5.74, 6) is 0. The minimum absolute atomic E-state index is 0.380. The van der Waals surface area contributed by atoms with Crippen LogP contribution in [0, 0.1) is 0 Å². The Kier molecular flexibility index (Phi) is 5.15. The van der Waals surface area contributed by atoms with E-state index in [1.165, 1.54) is 0 Å². The van der Waals surface area contributed by atoms with E-state index in [0.29, 0.717) is 0 Å². The van der Waals surface area contributed by atoms with Gasteiger partial charge in [-0.1, -0.05) is 19.4 Å². The molecule has 0 aliphatic carbocycles. The molecule has 0 unspecified atom stereocenters. The average molecular weight is 115 g/mol. The summed E-state index contributed by atoms with van der Waals surface area (Å²) >= 11 is 0. The van der Waals surface area contributed by atoms with Gasteiger partial charge in [0.1, 0.15) is 9.68 Å². The maximum Gasteiger partial charge on any atom is 0.123 e. The van der Waals surface area contributed by atoms with Crippen molar-refractivity contribution in [3.63, 3.8) is 0 Å². The Morgan fingerprint density at radius 1 is 1.86 bits per heavy atom. The summed E-state index contributed by atoms with van der Waals surface area (Å²) in [4.78, 5) is 2.66. The maximum atomic E-state index is 7.79. The molecule has 0 fully saturated rings. The van der Waals surface area contributed by atoms with Gasteiger partial charge in [0, 0.05) is 0 Å². The average Bonchev–Trinajstić information content (AvgIpc) is 1.69. The summed E-state index contributed by atoms with van der Waals surface area (Å²) in [5, 5.41) is 0. The first-order valence-electron chi connectivity index (χ1n) is 2.42. The summed E-state index contributed by atoms with van der Waals surface area (Å²) in [6.07, 6.45) is 1.16. The molecule has 0 N–H and O–H groups in total. The number of hydrogen-bond acceptors (Lipinski definition) is 1. The third-order valence-electron chi connectivity index (χ3n) is 0.675. The van der Waals surface area contributed by atoms with Crippen molar-refractivity contribution in [1.29, 1.82) is 0 Å². The van der Waals surface area contributed by atoms with Gasteiger partial charge in [-0.25, -0.2) is 0 Å². The standard InChI is InChI=1S/C3H9N3Si/c1-2-3-7-6-5-4/h2-3,7H2,1H3. The van der Waals surface area contributed by atoms with Crippen molar-refractivity contribution in [2.75, 3.05) is 0 Å². The maximum absolute atomic E-state index is 7.79. The van der Waals surface area contributed by atoms with Gasteiger partial charge in [0.05, 0.1) is 0 Å². The molecule has 3 nitrogen and oxygen atoms in total. The van der Waals surface area contributed by atoms with Crippen LogP contribution in [0.1, 0.15) is 13.3 Å². The number of nitrogens with zero attached hydrogens (tertiary/aromatic N) is 3. The van der Waals surface area contributed by atoms with E-state index in [2.05, 4.69) is 16.6 Å². The Balaban J connectivity index is 2.83. The van der Waals surface area contributed by atoms with E-state index in [-0.39, 0.29) is 9.68 Å². The van der Waals surface area contributed by atoms with E-state index < -0.39 is 0 Å². The Bertz CT molecular complexity index is 76.2. The van der Waals surface area contributed by atoms with Crippen molar-refractivity contribution in [3.8, 4) is 0 Å². The fourth-order valence-electron chi connectivity index (χ4n) is 0.274. The molecular weight excluding hydrogens is 106 g/mol. The van der Waals surface area contributed by atoms with E-state index in [4.69, 9.17) is 5.53 Å². The first-order chi connectivity index (χ1) is 3.41. The SMILES string of the molecule is CCC[SiH2]N=[N+]=[N-]. The fourth-order valence-corrected chi connectivity index (χ4v) is 0.821. The van der Waals surface area contributed by atoms with Gasteiger partial charge >= 0.3 is 0 Å². The predicted octanol–water partition coefficient (Wildman–Crippen LogP) is 1.21. The smallest absolute Gasteiger partial charge is 0.123 e. The van der Waals surface area contributed by atoms with Crippen LogP contribution in [-0.4, -0.2) is 9.68 Å². The largest absolute Gasteiger partial charge is 0.132 e. The van der Waals surface area contributed by atoms with Gasteiger partial charge in [-0.3, -0.25) is 0 Å². The van der Waals surface area contributed by atoms with Crippen LogP contribution in [0.15, 0.2) is 4.78 Å². The topological polar surface area (TPSA) is 48.8 Å². The number of rotatable bonds is 3. The van der Waals surface area contributed by atoms with Gasteiger partial charge in [-0.2, -0.15) is 0 Å². The summed E-state index contributed by atoms with van der Waals surface area (Å²) in [6, 6.07) is 1.14. The summed E-state index contributed by atoms with van der Waals surface area (Å²) in [5.41, 5.74) is 7.79. The van der Waals surface area contributed by atoms with Gasteiger partial charge in [-0.15, -0.1) is 4.78 Å². The second-order valence-corrected chi connectivity index (χ2v) is 2.75. The van der Waals surface area contributed by atoms with E-state index in [0.717, 1.165) is 12.5 Å². The Hall–Kier alpha value is -0.473. The quantitative estimate of drug-likeness (QED) is 0.174. The fraction of sp³-hybridized carbons (Fsp3) is 1.00. The molecule has 0 saturated carbocycles. The number of hydrogen-bond donors (Lipinski definition) is 0. The highest BCUT2D eigenvalue weighted by molar-refractivity contribution is 6.32. The molecule has 0 heterocycles. The van der Waals surface area contributed by atoms with E-state index >= 15 is 0 Å². The van der Waals surface area contributed by atoms with Crippen molar-refractivity contribution < 1.29 is 0 Å². The molecule has 0 aromatic carbocycles. The molecule has 0 amide bonds. The summed E-state index contributed by atoms with van der Waals surface area (Å²) in [7, 11) is -0.380. The molecule has 0 aliphatic heterocycles. The lowest BCUT2D eigenvalue weighted by atomic mass is 10.6. The Labute approximate surface area is 45.3 Å². The highest BCUT2D eigenvalue weighted by Crippen LogP contribution is 1.84. The second-order valence-electron chi connectivity index (χ2n) is 1.31. The van der Waals surface area contributed by atoms with Gasteiger partial charge in [0.25, 0.3) is 0 Å². The molecule has 0 atom stereocenters. The van der Waals surface area contributed by atoms with Crippen LogP contribution in [-0.2, 0) is 0 Å². The van der Waals surface area contributed by atoms with E-state index in [1.54, 1.807) is 0 Å². The molecular formula is C3H9N3Si. The molecule has 0 spiro atoms. The molecule has 7 heavy (non-hydrogen) atoms. The molecule has 0 rings (SSSR count). The third kappa shape index (κ3) is 5.53. The van der Waals surface area contributed by atoms with Gasteiger partial charge in [0.15, 0.2) is 0 Å². The first-order valence-corrected chi connectivity index (χ1v) is 4.06. The summed E-state index contributed by atoms with van der Waals surface area (Å²) < 4.78 is 3.48. The zero-order valence-corrected chi connectivity index (χ0v) is 5.88. The molecule has 0 aliphatic rings. The molecule has 0 bridgehead atoms. The van der Waals surface area contributed by atoms with Gasteiger partial charge < -0.3 is 0 Å². The van der Waals surface area contributed by atoms with Crippen molar-refractivity contribution in [3.05, 3.63) is 10.4 Å². The molecule has 0 aromatic heterocycles. The van der Waals surface area contributed by atoms with Gasteiger partial charge in [-0.05, 0) is 10.4 Å². The molecule has 4 heteroatoms. The highest BCUT2D eigenvalue weighted by atomic mass is 28.2. The minimum atomic E-state index is -0.380. The first kappa shape index (κ1) is 6.53. The lowest BCUT2D eigenvalue weighted by Gasteiger charge is -1.79. The lowest BCUT2D eigenvalue weighted by Crippen LogP contribution is -1.77. The summed E-state index contributed by atoms with van der Waals surface area (Å²) in [6.45, 7) is 2.10. The zero-order valence-electron chi connectivity index (χ0n) is 4.46. The van der Waals surface area contributed by atoms with Crippen LogP contribution >= 0.6 is 0 Å². The van der Waals surface area contributed by atoms with Crippen LogP contribution in [0.3, 0.4) is 0 Å². The Morgan fingerprint density at radius 2 is 2.57 bits per heavy atom. The van der Waals surface area contributed by atoms with Crippen molar-refractivity contribution >= 4 is 9.68 Å². The predicted molar refractivity (Wildman–Crippen MR) is 32.8 cm³/mol. The van der Waals surface area contributed by atoms with Crippen molar-refractivity contribution in [2.24, 2.45) is 4.78 Å². The van der Waals surface area contributed by atoms with E-state index in [1.807, 2.05) is 0 Å². The number of azide groups is 1.